The van der Waals surface area contributed by atoms with Crippen LogP contribution in [0.25, 0.3) is 17.1 Å². The Labute approximate surface area is 170 Å². The minimum absolute atomic E-state index is 0.108. The van der Waals surface area contributed by atoms with Gasteiger partial charge in [-0.1, -0.05) is 46.3 Å². The van der Waals surface area contributed by atoms with Gasteiger partial charge in [-0.2, -0.15) is 0 Å². The number of nitrogens with zero attached hydrogens (tertiary/aromatic N) is 4. The number of imidazole rings is 1. The highest BCUT2D eigenvalue weighted by Crippen LogP contribution is 2.37. The maximum Gasteiger partial charge on any atom is 0.181 e. The Morgan fingerprint density at radius 1 is 1.07 bits per heavy atom. The van der Waals surface area contributed by atoms with E-state index in [4.69, 9.17) is 9.41 Å². The van der Waals surface area contributed by atoms with Crippen molar-refractivity contribution < 1.29 is 4.42 Å². The number of halogens is 1. The number of rotatable bonds is 2. The van der Waals surface area contributed by atoms with Crippen molar-refractivity contribution in [3.8, 4) is 17.1 Å². The average Bonchev–Trinajstić information content (AvgIpc) is 3.29. The Morgan fingerprint density at radius 2 is 1.89 bits per heavy atom. The van der Waals surface area contributed by atoms with Crippen LogP contribution in [-0.4, -0.2) is 20.2 Å². The lowest BCUT2D eigenvalue weighted by atomic mass is 10.0. The van der Waals surface area contributed by atoms with Crippen molar-refractivity contribution in [3.63, 3.8) is 0 Å². The van der Waals surface area contributed by atoms with E-state index in [-0.39, 0.29) is 6.04 Å². The van der Waals surface area contributed by atoms with E-state index in [1.54, 1.807) is 0 Å². The fourth-order valence-corrected chi connectivity index (χ4v) is 4.07. The van der Waals surface area contributed by atoms with Gasteiger partial charge in [0.05, 0.1) is 28.8 Å². The van der Waals surface area contributed by atoms with Crippen LogP contribution in [0.15, 0.2) is 75.1 Å². The third-order valence-electron chi connectivity index (χ3n) is 5.00. The maximum atomic E-state index is 5.64. The lowest BCUT2D eigenvalue weighted by molar-refractivity contribution is 0.567. The van der Waals surface area contributed by atoms with E-state index >= 15 is 0 Å². The van der Waals surface area contributed by atoms with E-state index in [1.807, 2.05) is 37.5 Å². The van der Waals surface area contributed by atoms with Gasteiger partial charge in [0.1, 0.15) is 12.0 Å². The Bertz CT molecular complexity index is 1210. The van der Waals surface area contributed by atoms with Crippen molar-refractivity contribution in [3.05, 3.63) is 88.2 Å². The number of aromatic nitrogens is 3. The second-order valence-corrected chi connectivity index (χ2v) is 7.71. The van der Waals surface area contributed by atoms with Gasteiger partial charge in [-0.25, -0.2) is 9.97 Å². The molecule has 1 aliphatic heterocycles. The molecule has 5 nitrogen and oxygen atoms in total. The summed E-state index contributed by atoms with van der Waals surface area (Å²) in [6, 6.07) is 16.4. The topological polar surface area (TPSA) is 56.2 Å². The van der Waals surface area contributed by atoms with Gasteiger partial charge in [-0.05, 0) is 32.0 Å². The summed E-state index contributed by atoms with van der Waals surface area (Å²) in [7, 11) is 0. The number of aryl methyl sites for hydroxylation is 1. The first-order chi connectivity index (χ1) is 13.6. The Morgan fingerprint density at radius 3 is 2.64 bits per heavy atom. The van der Waals surface area contributed by atoms with Gasteiger partial charge in [-0.3, -0.25) is 9.56 Å². The van der Waals surface area contributed by atoms with Crippen LogP contribution in [0.3, 0.4) is 0 Å². The van der Waals surface area contributed by atoms with Crippen molar-refractivity contribution >= 4 is 21.6 Å². The summed E-state index contributed by atoms with van der Waals surface area (Å²) in [5, 5.41) is 0. The molecule has 0 fully saturated rings. The third kappa shape index (κ3) is 2.64. The van der Waals surface area contributed by atoms with Crippen LogP contribution >= 0.6 is 15.9 Å². The molecule has 0 saturated carbocycles. The molecule has 28 heavy (non-hydrogen) atoms. The monoisotopic (exact) mass is 432 g/mol. The van der Waals surface area contributed by atoms with E-state index in [2.05, 4.69) is 61.7 Å². The highest BCUT2D eigenvalue weighted by Gasteiger charge is 2.28. The molecule has 0 aliphatic carbocycles. The first kappa shape index (κ1) is 17.1. The number of aliphatic imine (C=N–C) groups is 1. The number of hydrogen-bond acceptors (Lipinski definition) is 4. The minimum atomic E-state index is -0.108. The van der Waals surface area contributed by atoms with E-state index in [0.29, 0.717) is 5.76 Å². The second-order valence-electron chi connectivity index (χ2n) is 6.80. The highest BCUT2D eigenvalue weighted by atomic mass is 79.9. The van der Waals surface area contributed by atoms with Gasteiger partial charge in [0, 0.05) is 15.6 Å². The molecule has 0 saturated heterocycles. The summed E-state index contributed by atoms with van der Waals surface area (Å²) in [6.07, 6.45) is 3.31. The number of fused-ring (bicyclic) bond motifs is 3. The summed E-state index contributed by atoms with van der Waals surface area (Å²) in [5.74, 6) is 0.692. The van der Waals surface area contributed by atoms with Gasteiger partial charge >= 0.3 is 0 Å². The SMILES string of the molecule is Cc1ncoc1-c1ncn2c1[C@@H](C)N=C(c1ccccc1)c1cc(Br)ccc1-2. The molecule has 0 radical (unpaired) electrons. The predicted octanol–water partition coefficient (Wildman–Crippen LogP) is 5.51. The molecule has 0 N–H and O–H groups in total. The maximum absolute atomic E-state index is 5.64. The first-order valence-corrected chi connectivity index (χ1v) is 9.84. The summed E-state index contributed by atoms with van der Waals surface area (Å²) in [4.78, 5) is 14.0. The molecular formula is C22H17BrN4O. The van der Waals surface area contributed by atoms with Crippen LogP contribution in [0.1, 0.15) is 35.5 Å². The molecule has 0 bridgehead atoms. The van der Waals surface area contributed by atoms with Gasteiger partial charge in [0.2, 0.25) is 0 Å². The van der Waals surface area contributed by atoms with E-state index in [0.717, 1.165) is 44.1 Å². The van der Waals surface area contributed by atoms with Gasteiger partial charge < -0.3 is 4.42 Å². The van der Waals surface area contributed by atoms with Crippen LogP contribution in [0, 0.1) is 6.92 Å². The Kier molecular flexibility index (Phi) is 4.02. The smallest absolute Gasteiger partial charge is 0.181 e. The van der Waals surface area contributed by atoms with Crippen molar-refractivity contribution in [2.24, 2.45) is 4.99 Å². The molecule has 2 aromatic heterocycles. The van der Waals surface area contributed by atoms with Gasteiger partial charge in [-0.15, -0.1) is 0 Å². The van der Waals surface area contributed by atoms with Crippen LogP contribution < -0.4 is 0 Å². The molecule has 138 valence electrons. The standard InChI is InChI=1S/C22H17BrN4O/c1-13-21-20(22-14(2)25-12-28-22)24-11-27(21)18-9-8-16(23)10-17(18)19(26-13)15-6-4-3-5-7-15/h3-13H,1-2H3/t13-/m1/s1. The molecule has 6 heteroatoms. The largest absolute Gasteiger partial charge is 0.441 e. The fraction of sp³-hybridized carbons (Fsp3) is 0.136. The van der Waals surface area contributed by atoms with Gasteiger partial charge in [0.15, 0.2) is 12.2 Å². The van der Waals surface area contributed by atoms with Crippen LogP contribution in [-0.2, 0) is 0 Å². The average molecular weight is 433 g/mol. The molecule has 0 unspecified atom stereocenters. The van der Waals surface area contributed by atoms with Crippen molar-refractivity contribution in [2.45, 2.75) is 19.9 Å². The first-order valence-electron chi connectivity index (χ1n) is 9.04. The van der Waals surface area contributed by atoms with Gasteiger partial charge in [0.25, 0.3) is 0 Å². The lowest BCUT2D eigenvalue weighted by Gasteiger charge is -2.12. The van der Waals surface area contributed by atoms with Crippen molar-refractivity contribution in [2.75, 3.05) is 0 Å². The number of hydrogen-bond donors (Lipinski definition) is 0. The van der Waals surface area contributed by atoms with Crippen molar-refractivity contribution in [1.82, 2.24) is 14.5 Å². The minimum Gasteiger partial charge on any atom is -0.441 e. The molecule has 2 aromatic carbocycles. The summed E-state index contributed by atoms with van der Waals surface area (Å²) in [6.45, 7) is 4.02. The van der Waals surface area contributed by atoms with Crippen LogP contribution in [0.4, 0.5) is 0 Å². The van der Waals surface area contributed by atoms with Crippen LogP contribution in [0.2, 0.25) is 0 Å². The summed E-state index contributed by atoms with van der Waals surface area (Å²) in [5.41, 5.74) is 6.76. The zero-order chi connectivity index (χ0) is 19.3. The quantitative estimate of drug-likeness (QED) is 0.419. The zero-order valence-electron chi connectivity index (χ0n) is 15.4. The molecule has 0 amide bonds. The number of benzene rings is 2. The third-order valence-corrected chi connectivity index (χ3v) is 5.50. The van der Waals surface area contributed by atoms with E-state index in [9.17, 15) is 0 Å². The molecule has 3 heterocycles. The Balaban J connectivity index is 1.81. The summed E-state index contributed by atoms with van der Waals surface area (Å²) >= 11 is 3.61. The molecule has 0 spiro atoms. The summed E-state index contributed by atoms with van der Waals surface area (Å²) < 4.78 is 8.77. The van der Waals surface area contributed by atoms with Crippen molar-refractivity contribution in [1.29, 1.82) is 0 Å². The molecule has 1 aliphatic rings. The fourth-order valence-electron chi connectivity index (χ4n) is 3.71. The molecule has 1 atom stereocenters. The zero-order valence-corrected chi connectivity index (χ0v) is 17.0. The molecular weight excluding hydrogens is 416 g/mol. The normalized spacial score (nSPS) is 15.5. The lowest BCUT2D eigenvalue weighted by Crippen LogP contribution is -2.06. The molecule has 5 rings (SSSR count). The molecule has 4 aromatic rings. The van der Waals surface area contributed by atoms with E-state index in [1.165, 1.54) is 6.39 Å². The van der Waals surface area contributed by atoms with Crippen LogP contribution in [0.5, 0.6) is 0 Å². The Hall–Kier alpha value is -2.99. The highest BCUT2D eigenvalue weighted by molar-refractivity contribution is 9.10. The second kappa shape index (κ2) is 6.56. The van der Waals surface area contributed by atoms with E-state index < -0.39 is 0 Å². The number of oxazole rings is 1. The predicted molar refractivity (Wildman–Crippen MR) is 112 cm³/mol.